The first-order valence-electron chi connectivity index (χ1n) is 10.4. The fourth-order valence-electron chi connectivity index (χ4n) is 3.62. The predicted octanol–water partition coefficient (Wildman–Crippen LogP) is 3.23. The summed E-state index contributed by atoms with van der Waals surface area (Å²) in [5.74, 6) is 3.38. The van der Waals surface area contributed by atoms with E-state index in [-0.39, 0.29) is 5.91 Å². The van der Waals surface area contributed by atoms with Crippen LogP contribution in [-0.4, -0.2) is 42.6 Å². The number of carbonyl (C=O) groups is 1. The van der Waals surface area contributed by atoms with Crippen LogP contribution in [0.4, 0.5) is 11.6 Å². The molecular weight excluding hydrogens is 366 g/mol. The number of carbonyl (C=O) groups excluding carboxylic acids is 1. The third-order valence-electron chi connectivity index (χ3n) is 5.38. The second kappa shape index (κ2) is 10.6. The van der Waals surface area contributed by atoms with Crippen molar-refractivity contribution in [2.75, 3.05) is 37.0 Å². The lowest BCUT2D eigenvalue weighted by atomic mass is 9.92. The number of benzene rings is 1. The van der Waals surface area contributed by atoms with E-state index in [2.05, 4.69) is 32.4 Å². The highest BCUT2D eigenvalue weighted by Crippen LogP contribution is 2.25. The molecule has 156 valence electrons. The molecule has 1 saturated heterocycles. The van der Waals surface area contributed by atoms with Crippen molar-refractivity contribution in [1.82, 2.24) is 15.3 Å². The van der Waals surface area contributed by atoms with Gasteiger partial charge in [-0.15, -0.1) is 0 Å². The molecule has 0 saturated carbocycles. The van der Waals surface area contributed by atoms with Crippen LogP contribution in [-0.2, 0) is 11.3 Å². The average molecular weight is 398 g/mol. The first kappa shape index (κ1) is 20.9. The van der Waals surface area contributed by atoms with E-state index in [0.29, 0.717) is 18.9 Å². The number of methoxy groups -OCH3 is 1. The molecular formula is C22H31N5O2. The Labute approximate surface area is 172 Å². The van der Waals surface area contributed by atoms with Crippen LogP contribution in [0, 0.1) is 5.92 Å². The summed E-state index contributed by atoms with van der Waals surface area (Å²) >= 11 is 0. The van der Waals surface area contributed by atoms with E-state index in [9.17, 15) is 4.79 Å². The minimum atomic E-state index is 0.120. The second-order valence-corrected chi connectivity index (χ2v) is 7.39. The van der Waals surface area contributed by atoms with Gasteiger partial charge in [-0.25, -0.2) is 9.97 Å². The van der Waals surface area contributed by atoms with Crippen molar-refractivity contribution in [3.63, 3.8) is 0 Å². The van der Waals surface area contributed by atoms with E-state index in [4.69, 9.17) is 4.74 Å². The number of ether oxygens (including phenoxy) is 1. The molecule has 0 spiro atoms. The molecule has 1 aliphatic heterocycles. The van der Waals surface area contributed by atoms with Crippen LogP contribution in [0.2, 0.25) is 0 Å². The van der Waals surface area contributed by atoms with Crippen molar-refractivity contribution in [2.24, 2.45) is 5.92 Å². The maximum atomic E-state index is 12.2. The number of anilines is 2. The summed E-state index contributed by atoms with van der Waals surface area (Å²) in [6, 6.07) is 9.78. The first-order valence-corrected chi connectivity index (χ1v) is 10.4. The van der Waals surface area contributed by atoms with E-state index in [0.717, 1.165) is 61.8 Å². The van der Waals surface area contributed by atoms with Crippen LogP contribution in [0.3, 0.4) is 0 Å². The van der Waals surface area contributed by atoms with Gasteiger partial charge in [-0.05, 0) is 49.8 Å². The third-order valence-corrected chi connectivity index (χ3v) is 5.38. The highest BCUT2D eigenvalue weighted by Gasteiger charge is 2.21. The van der Waals surface area contributed by atoms with Crippen molar-refractivity contribution in [3.05, 3.63) is 42.2 Å². The van der Waals surface area contributed by atoms with Crippen LogP contribution in [0.1, 0.15) is 38.2 Å². The fourth-order valence-corrected chi connectivity index (χ4v) is 3.62. The van der Waals surface area contributed by atoms with Crippen LogP contribution in [0.25, 0.3) is 0 Å². The van der Waals surface area contributed by atoms with Gasteiger partial charge in [0, 0.05) is 38.7 Å². The Morgan fingerprint density at radius 1 is 1.21 bits per heavy atom. The molecule has 29 heavy (non-hydrogen) atoms. The van der Waals surface area contributed by atoms with Crippen LogP contribution < -0.4 is 20.3 Å². The summed E-state index contributed by atoms with van der Waals surface area (Å²) in [5, 5.41) is 6.24. The van der Waals surface area contributed by atoms with E-state index in [1.807, 2.05) is 30.3 Å². The summed E-state index contributed by atoms with van der Waals surface area (Å²) in [6.07, 6.45) is 5.32. The molecule has 1 aromatic carbocycles. The van der Waals surface area contributed by atoms with Gasteiger partial charge in [-0.1, -0.05) is 12.1 Å². The Morgan fingerprint density at radius 2 is 1.97 bits per heavy atom. The normalized spacial score (nSPS) is 14.5. The summed E-state index contributed by atoms with van der Waals surface area (Å²) in [5.41, 5.74) is 1.08. The number of nitrogens with zero attached hydrogens (tertiary/aromatic N) is 3. The molecule has 0 atom stereocenters. The minimum Gasteiger partial charge on any atom is -0.497 e. The third kappa shape index (κ3) is 6.34. The lowest BCUT2D eigenvalue weighted by Crippen LogP contribution is -2.34. The quantitative estimate of drug-likeness (QED) is 0.676. The Morgan fingerprint density at radius 3 is 2.66 bits per heavy atom. The molecule has 7 nitrogen and oxygen atoms in total. The smallest absolute Gasteiger partial charge is 0.220 e. The van der Waals surface area contributed by atoms with Gasteiger partial charge < -0.3 is 20.3 Å². The van der Waals surface area contributed by atoms with Gasteiger partial charge in [-0.3, -0.25) is 4.79 Å². The van der Waals surface area contributed by atoms with Crippen LogP contribution in [0.15, 0.2) is 36.7 Å². The summed E-state index contributed by atoms with van der Waals surface area (Å²) in [6.45, 7) is 5.41. The topological polar surface area (TPSA) is 79.4 Å². The number of amides is 1. The maximum absolute atomic E-state index is 12.2. The molecule has 2 N–H and O–H groups in total. The molecule has 7 heteroatoms. The van der Waals surface area contributed by atoms with Crippen LogP contribution in [0.5, 0.6) is 5.75 Å². The van der Waals surface area contributed by atoms with E-state index in [1.165, 1.54) is 0 Å². The number of hydrogen-bond donors (Lipinski definition) is 2. The molecule has 2 heterocycles. The Bertz CT molecular complexity index is 773. The molecule has 1 aliphatic rings. The fraction of sp³-hybridized carbons (Fsp3) is 0.500. The molecule has 1 amide bonds. The van der Waals surface area contributed by atoms with Gasteiger partial charge in [0.25, 0.3) is 0 Å². The van der Waals surface area contributed by atoms with E-state index in [1.54, 1.807) is 13.4 Å². The zero-order chi connectivity index (χ0) is 20.5. The highest BCUT2D eigenvalue weighted by atomic mass is 16.5. The Kier molecular flexibility index (Phi) is 7.67. The molecule has 0 radical (unpaired) electrons. The zero-order valence-corrected chi connectivity index (χ0v) is 17.4. The van der Waals surface area contributed by atoms with Gasteiger partial charge in [0.15, 0.2) is 0 Å². The summed E-state index contributed by atoms with van der Waals surface area (Å²) in [4.78, 5) is 23.2. The van der Waals surface area contributed by atoms with Crippen molar-refractivity contribution < 1.29 is 9.53 Å². The number of hydrogen-bond acceptors (Lipinski definition) is 6. The molecule has 2 aromatic rings. The number of rotatable bonds is 9. The first-order chi connectivity index (χ1) is 14.2. The monoisotopic (exact) mass is 397 g/mol. The van der Waals surface area contributed by atoms with Crippen molar-refractivity contribution >= 4 is 17.5 Å². The van der Waals surface area contributed by atoms with Crippen LogP contribution >= 0.6 is 0 Å². The lowest BCUT2D eigenvalue weighted by Gasteiger charge is -2.32. The standard InChI is InChI=1S/C22H31N5O2/c1-3-23-20-14-21(26-16-25-20)27-12-10-17(11-13-27)6-9-22(28)24-15-18-4-7-19(29-2)8-5-18/h4-5,7-8,14,16-17H,3,6,9-13,15H2,1-2H3,(H,24,28)(H,23,25,26). The summed E-state index contributed by atoms with van der Waals surface area (Å²) in [7, 11) is 1.65. The van der Waals surface area contributed by atoms with Gasteiger partial charge in [0.2, 0.25) is 5.91 Å². The maximum Gasteiger partial charge on any atom is 0.220 e. The van der Waals surface area contributed by atoms with Gasteiger partial charge in [0.1, 0.15) is 23.7 Å². The number of piperidine rings is 1. The SMILES string of the molecule is CCNc1cc(N2CCC(CCC(=O)NCc3ccc(OC)cc3)CC2)ncn1. The summed E-state index contributed by atoms with van der Waals surface area (Å²) < 4.78 is 5.15. The molecule has 0 unspecified atom stereocenters. The van der Waals surface area contributed by atoms with Gasteiger partial charge in [-0.2, -0.15) is 0 Å². The molecule has 3 rings (SSSR count). The average Bonchev–Trinajstić information content (AvgIpc) is 2.77. The highest BCUT2D eigenvalue weighted by molar-refractivity contribution is 5.75. The second-order valence-electron chi connectivity index (χ2n) is 7.39. The number of aromatic nitrogens is 2. The lowest BCUT2D eigenvalue weighted by molar-refractivity contribution is -0.121. The van der Waals surface area contributed by atoms with Crippen molar-refractivity contribution in [1.29, 1.82) is 0 Å². The van der Waals surface area contributed by atoms with Crippen molar-refractivity contribution in [3.8, 4) is 5.75 Å². The molecule has 0 aliphatic carbocycles. The Balaban J connectivity index is 1.37. The molecule has 1 fully saturated rings. The number of nitrogens with one attached hydrogen (secondary N) is 2. The van der Waals surface area contributed by atoms with Gasteiger partial charge >= 0.3 is 0 Å². The largest absolute Gasteiger partial charge is 0.497 e. The minimum absolute atomic E-state index is 0.120. The predicted molar refractivity (Wildman–Crippen MR) is 115 cm³/mol. The molecule has 0 bridgehead atoms. The van der Waals surface area contributed by atoms with Crippen molar-refractivity contribution in [2.45, 2.75) is 39.2 Å². The Hall–Kier alpha value is -2.83. The molecule has 1 aromatic heterocycles. The van der Waals surface area contributed by atoms with E-state index < -0.39 is 0 Å². The van der Waals surface area contributed by atoms with E-state index >= 15 is 0 Å². The zero-order valence-electron chi connectivity index (χ0n) is 17.4. The van der Waals surface area contributed by atoms with Gasteiger partial charge in [0.05, 0.1) is 7.11 Å².